The molecule has 9 heteroatoms. The molecule has 2 N–H and O–H groups in total. The molecule has 1 saturated carbocycles. The summed E-state index contributed by atoms with van der Waals surface area (Å²) in [5.41, 5.74) is 7.93. The number of nitrogens with zero attached hydrogens (tertiary/aromatic N) is 6. The van der Waals surface area contributed by atoms with Gasteiger partial charge in [-0.15, -0.1) is 0 Å². The molecule has 3 heterocycles. The van der Waals surface area contributed by atoms with Gasteiger partial charge in [-0.25, -0.2) is 19.3 Å². The molecule has 0 saturated heterocycles. The summed E-state index contributed by atoms with van der Waals surface area (Å²) >= 11 is 0. The number of nitrogens with two attached hydrogens (primary N) is 1. The van der Waals surface area contributed by atoms with Crippen LogP contribution in [0.3, 0.4) is 0 Å². The quantitative estimate of drug-likeness (QED) is 0.453. The Morgan fingerprint density at radius 1 is 1.23 bits per heavy atom. The summed E-state index contributed by atoms with van der Waals surface area (Å²) < 4.78 is 15.3. The number of hydrogen-bond donors (Lipinski definition) is 1. The number of pyridine rings is 2. The third kappa shape index (κ3) is 4.51. The van der Waals surface area contributed by atoms with Gasteiger partial charge in [0.2, 0.25) is 0 Å². The van der Waals surface area contributed by atoms with E-state index in [0.29, 0.717) is 33.8 Å². The van der Waals surface area contributed by atoms with Gasteiger partial charge in [0.15, 0.2) is 5.82 Å². The van der Waals surface area contributed by atoms with Crippen molar-refractivity contribution in [1.29, 1.82) is 5.26 Å². The Balaban J connectivity index is 1.60. The lowest BCUT2D eigenvalue weighted by Crippen LogP contribution is -2.37. The number of rotatable bonds is 6. The first kappa shape index (κ1) is 22.3. The molecule has 0 bridgehead atoms. The van der Waals surface area contributed by atoms with Gasteiger partial charge in [0.25, 0.3) is 5.91 Å². The second kappa shape index (κ2) is 9.06. The van der Waals surface area contributed by atoms with E-state index >= 15 is 4.39 Å². The summed E-state index contributed by atoms with van der Waals surface area (Å²) in [5.74, 6) is -0.191. The van der Waals surface area contributed by atoms with Crippen LogP contribution in [0.2, 0.25) is 0 Å². The standard InChI is InChI=1S/C26H22FN7O/c1-15-9-18-10-20(21(27)11-22(18)33-24(15)29)26(35)34(14-19-6-3-16(12-28)13-32-19)23(17-4-5-17)25-30-7-2-8-31-25/h2-3,6-11,13,17,23H,4-5,14H2,1H3,(H2,29,33)/t23-/m1/s1. The molecule has 4 aromatic rings. The van der Waals surface area contributed by atoms with Crippen LogP contribution in [0.4, 0.5) is 10.2 Å². The number of aromatic nitrogens is 4. The fraction of sp³-hybridized carbons (Fsp3) is 0.231. The Bertz CT molecular complexity index is 1450. The van der Waals surface area contributed by atoms with Crippen molar-refractivity contribution in [2.24, 2.45) is 5.92 Å². The van der Waals surface area contributed by atoms with Crippen LogP contribution in [0.15, 0.2) is 55.0 Å². The number of nitriles is 1. The first-order valence-corrected chi connectivity index (χ1v) is 11.2. The van der Waals surface area contributed by atoms with Gasteiger partial charge in [-0.05, 0) is 61.6 Å². The second-order valence-electron chi connectivity index (χ2n) is 8.69. The van der Waals surface area contributed by atoms with E-state index in [9.17, 15) is 4.79 Å². The zero-order valence-electron chi connectivity index (χ0n) is 19.0. The fourth-order valence-corrected chi connectivity index (χ4v) is 4.17. The number of aryl methyl sites for hydroxylation is 1. The smallest absolute Gasteiger partial charge is 0.257 e. The first-order chi connectivity index (χ1) is 16.9. The van der Waals surface area contributed by atoms with Crippen molar-refractivity contribution >= 4 is 22.6 Å². The predicted molar refractivity (Wildman–Crippen MR) is 127 cm³/mol. The zero-order chi connectivity index (χ0) is 24.5. The molecule has 35 heavy (non-hydrogen) atoms. The largest absolute Gasteiger partial charge is 0.383 e. The van der Waals surface area contributed by atoms with Gasteiger partial charge in [-0.2, -0.15) is 5.26 Å². The monoisotopic (exact) mass is 467 g/mol. The topological polar surface area (TPSA) is 122 Å². The third-order valence-corrected chi connectivity index (χ3v) is 6.17. The van der Waals surface area contributed by atoms with Crippen molar-refractivity contribution in [3.05, 3.63) is 89.0 Å². The minimum absolute atomic E-state index is 0.0707. The number of carbonyl (C=O) groups excluding carboxylic acids is 1. The molecule has 1 fully saturated rings. The fourth-order valence-electron chi connectivity index (χ4n) is 4.17. The molecule has 1 atom stereocenters. The highest BCUT2D eigenvalue weighted by molar-refractivity contribution is 5.98. The molecule has 1 amide bonds. The van der Waals surface area contributed by atoms with Crippen LogP contribution >= 0.6 is 0 Å². The number of halogens is 1. The van der Waals surface area contributed by atoms with Gasteiger partial charge in [0.05, 0.1) is 34.9 Å². The predicted octanol–water partition coefficient (Wildman–Crippen LogP) is 4.11. The van der Waals surface area contributed by atoms with Crippen LogP contribution in [0.25, 0.3) is 10.9 Å². The number of amides is 1. The highest BCUT2D eigenvalue weighted by Gasteiger charge is 2.41. The van der Waals surface area contributed by atoms with Crippen LogP contribution in [-0.2, 0) is 6.54 Å². The van der Waals surface area contributed by atoms with Crippen LogP contribution in [0.1, 0.15) is 51.9 Å². The molecule has 1 aliphatic rings. The van der Waals surface area contributed by atoms with Crippen molar-refractivity contribution in [2.45, 2.75) is 32.4 Å². The summed E-state index contributed by atoms with van der Waals surface area (Å²) in [6, 6.07) is 11.2. The van der Waals surface area contributed by atoms with E-state index < -0.39 is 17.8 Å². The maximum atomic E-state index is 15.3. The summed E-state index contributed by atoms with van der Waals surface area (Å²) in [7, 11) is 0. The van der Waals surface area contributed by atoms with E-state index in [1.54, 1.807) is 41.6 Å². The number of carbonyl (C=O) groups is 1. The summed E-state index contributed by atoms with van der Waals surface area (Å²) in [6.45, 7) is 1.92. The Labute approximate surface area is 201 Å². The maximum Gasteiger partial charge on any atom is 0.257 e. The average molecular weight is 468 g/mol. The van der Waals surface area contributed by atoms with Crippen molar-refractivity contribution in [2.75, 3.05) is 5.73 Å². The van der Waals surface area contributed by atoms with Crippen LogP contribution < -0.4 is 5.73 Å². The van der Waals surface area contributed by atoms with Gasteiger partial charge in [0, 0.05) is 30.0 Å². The van der Waals surface area contributed by atoms with Crippen molar-refractivity contribution in [3.8, 4) is 6.07 Å². The van der Waals surface area contributed by atoms with E-state index in [0.717, 1.165) is 18.4 Å². The van der Waals surface area contributed by atoms with Crippen LogP contribution in [-0.4, -0.2) is 30.7 Å². The zero-order valence-corrected chi connectivity index (χ0v) is 19.0. The molecular formula is C26H22FN7O. The van der Waals surface area contributed by atoms with Crippen molar-refractivity contribution < 1.29 is 9.18 Å². The van der Waals surface area contributed by atoms with E-state index in [1.807, 2.05) is 13.0 Å². The molecule has 3 aromatic heterocycles. The van der Waals surface area contributed by atoms with E-state index in [-0.39, 0.29) is 18.0 Å². The lowest BCUT2D eigenvalue weighted by Gasteiger charge is -2.31. The lowest BCUT2D eigenvalue weighted by atomic mass is 10.0. The maximum absolute atomic E-state index is 15.3. The summed E-state index contributed by atoms with van der Waals surface area (Å²) in [4.78, 5) is 32.9. The molecule has 1 aliphatic carbocycles. The Hall–Kier alpha value is -4.45. The molecule has 8 nitrogen and oxygen atoms in total. The van der Waals surface area contributed by atoms with Crippen molar-refractivity contribution in [1.82, 2.24) is 24.8 Å². The van der Waals surface area contributed by atoms with E-state index in [2.05, 4.69) is 19.9 Å². The molecule has 0 spiro atoms. The number of hydrogen-bond acceptors (Lipinski definition) is 7. The van der Waals surface area contributed by atoms with Gasteiger partial charge in [-0.1, -0.05) is 0 Å². The van der Waals surface area contributed by atoms with Crippen LogP contribution in [0, 0.1) is 30.0 Å². The lowest BCUT2D eigenvalue weighted by molar-refractivity contribution is 0.0614. The first-order valence-electron chi connectivity index (χ1n) is 11.2. The average Bonchev–Trinajstić information content (AvgIpc) is 3.70. The second-order valence-corrected chi connectivity index (χ2v) is 8.69. The highest BCUT2D eigenvalue weighted by Crippen LogP contribution is 2.44. The Morgan fingerprint density at radius 2 is 2.00 bits per heavy atom. The molecule has 0 aliphatic heterocycles. The highest BCUT2D eigenvalue weighted by atomic mass is 19.1. The Morgan fingerprint density at radius 3 is 2.66 bits per heavy atom. The molecular weight excluding hydrogens is 445 g/mol. The minimum atomic E-state index is -0.681. The number of benzene rings is 1. The number of fused-ring (bicyclic) bond motifs is 1. The normalized spacial score (nSPS) is 13.9. The van der Waals surface area contributed by atoms with E-state index in [1.165, 1.54) is 18.3 Å². The molecule has 0 radical (unpaired) electrons. The molecule has 1 aromatic carbocycles. The van der Waals surface area contributed by atoms with Crippen molar-refractivity contribution in [3.63, 3.8) is 0 Å². The SMILES string of the molecule is Cc1cc2cc(C(=O)N(Cc3ccc(C#N)cn3)[C@@H](c3ncccn3)C3CC3)c(F)cc2nc1N. The van der Waals surface area contributed by atoms with E-state index in [4.69, 9.17) is 11.0 Å². The summed E-state index contributed by atoms with van der Waals surface area (Å²) in [6.07, 6.45) is 6.55. The van der Waals surface area contributed by atoms with Gasteiger partial charge in [-0.3, -0.25) is 9.78 Å². The van der Waals surface area contributed by atoms with Crippen LogP contribution in [0.5, 0.6) is 0 Å². The number of nitrogen functional groups attached to an aromatic ring is 1. The Kier molecular flexibility index (Phi) is 5.79. The summed E-state index contributed by atoms with van der Waals surface area (Å²) in [5, 5.41) is 9.72. The molecule has 5 rings (SSSR count). The molecule has 0 unspecified atom stereocenters. The number of anilines is 1. The third-order valence-electron chi connectivity index (χ3n) is 6.17. The van der Waals surface area contributed by atoms with Gasteiger partial charge >= 0.3 is 0 Å². The molecule has 174 valence electrons. The van der Waals surface area contributed by atoms with Gasteiger partial charge < -0.3 is 10.6 Å². The minimum Gasteiger partial charge on any atom is -0.383 e. The van der Waals surface area contributed by atoms with Gasteiger partial charge in [0.1, 0.15) is 17.7 Å².